The Bertz CT molecular complexity index is 172. The molecule has 2 aliphatic rings. The molecular weight excluding hydrogens is 138 g/mol. The van der Waals surface area contributed by atoms with Gasteiger partial charge in [0.2, 0.25) is 0 Å². The fourth-order valence-electron chi connectivity index (χ4n) is 1.95. The Hall–Kier alpha value is -0.340. The molecule has 0 saturated carbocycles. The third-order valence-corrected chi connectivity index (χ3v) is 2.89. The second kappa shape index (κ2) is 2.61. The van der Waals surface area contributed by atoms with Crippen molar-refractivity contribution in [2.75, 3.05) is 13.1 Å². The summed E-state index contributed by atoms with van der Waals surface area (Å²) >= 11 is 0. The van der Waals surface area contributed by atoms with Gasteiger partial charge in [0, 0.05) is 13.1 Å². The van der Waals surface area contributed by atoms with Crippen LogP contribution in [0.2, 0.25) is 0 Å². The molecule has 0 aromatic heterocycles. The van der Waals surface area contributed by atoms with E-state index in [0.29, 0.717) is 5.92 Å². The molecule has 2 heteroatoms. The van der Waals surface area contributed by atoms with Crippen molar-refractivity contribution in [2.45, 2.75) is 24.9 Å². The van der Waals surface area contributed by atoms with E-state index in [1.807, 2.05) is 0 Å². The number of allylic oxidation sites excluding steroid dienone is 2. The molecule has 1 heterocycles. The van der Waals surface area contributed by atoms with E-state index in [1.165, 1.54) is 0 Å². The van der Waals surface area contributed by atoms with Crippen molar-refractivity contribution in [3.63, 3.8) is 0 Å². The number of hydrogen-bond acceptors (Lipinski definition) is 2. The number of nitrogens with one attached hydrogen (secondary N) is 1. The van der Waals surface area contributed by atoms with Crippen LogP contribution in [0.4, 0.5) is 0 Å². The van der Waals surface area contributed by atoms with Gasteiger partial charge in [-0.05, 0) is 25.2 Å². The van der Waals surface area contributed by atoms with Gasteiger partial charge in [0.05, 0.1) is 5.60 Å². The normalized spacial score (nSPS) is 34.8. The van der Waals surface area contributed by atoms with Crippen LogP contribution in [0.5, 0.6) is 0 Å². The summed E-state index contributed by atoms with van der Waals surface area (Å²) < 4.78 is 0. The molecule has 1 aliphatic carbocycles. The molecule has 2 rings (SSSR count). The smallest absolute Gasteiger partial charge is 0.0926 e. The molecule has 2 N–H and O–H groups in total. The van der Waals surface area contributed by atoms with E-state index in [0.717, 1.165) is 32.4 Å². The van der Waals surface area contributed by atoms with Gasteiger partial charge in [-0.15, -0.1) is 0 Å². The second-order valence-corrected chi connectivity index (χ2v) is 3.69. The molecule has 1 fully saturated rings. The Morgan fingerprint density at radius 1 is 1.36 bits per heavy atom. The molecule has 1 unspecified atom stereocenters. The van der Waals surface area contributed by atoms with Gasteiger partial charge in [-0.25, -0.2) is 0 Å². The van der Waals surface area contributed by atoms with Gasteiger partial charge in [0.25, 0.3) is 0 Å². The Morgan fingerprint density at radius 3 is 2.64 bits per heavy atom. The van der Waals surface area contributed by atoms with Crippen molar-refractivity contribution in [1.82, 2.24) is 5.32 Å². The molecule has 0 amide bonds. The largest absolute Gasteiger partial charge is 0.387 e. The van der Waals surface area contributed by atoms with Crippen molar-refractivity contribution in [3.8, 4) is 0 Å². The lowest BCUT2D eigenvalue weighted by atomic mass is 9.76. The first kappa shape index (κ1) is 7.32. The summed E-state index contributed by atoms with van der Waals surface area (Å²) in [5.41, 5.74) is -0.370. The fraction of sp³-hybridized carbons (Fsp3) is 0.778. The molecule has 1 atom stereocenters. The molecule has 11 heavy (non-hydrogen) atoms. The minimum absolute atomic E-state index is 0.370. The maximum atomic E-state index is 9.94. The lowest BCUT2D eigenvalue weighted by Gasteiger charge is -2.44. The average molecular weight is 153 g/mol. The van der Waals surface area contributed by atoms with Crippen LogP contribution < -0.4 is 5.32 Å². The zero-order valence-electron chi connectivity index (χ0n) is 6.71. The zero-order chi connectivity index (χ0) is 7.73. The van der Waals surface area contributed by atoms with Crippen LogP contribution in [0.3, 0.4) is 0 Å². The minimum Gasteiger partial charge on any atom is -0.387 e. The average Bonchev–Trinajstić information content (AvgIpc) is 2.02. The number of aliphatic hydroxyl groups is 1. The summed E-state index contributed by atoms with van der Waals surface area (Å²) in [5, 5.41) is 13.1. The molecule has 0 aromatic rings. The van der Waals surface area contributed by atoms with Gasteiger partial charge in [-0.2, -0.15) is 0 Å². The molecule has 2 nitrogen and oxygen atoms in total. The second-order valence-electron chi connectivity index (χ2n) is 3.69. The fourth-order valence-corrected chi connectivity index (χ4v) is 1.95. The summed E-state index contributed by atoms with van der Waals surface area (Å²) in [6, 6.07) is 0. The van der Waals surface area contributed by atoms with Crippen LogP contribution in [0.1, 0.15) is 19.3 Å². The van der Waals surface area contributed by atoms with Gasteiger partial charge < -0.3 is 10.4 Å². The monoisotopic (exact) mass is 153 g/mol. The first-order chi connectivity index (χ1) is 5.31. The first-order valence-electron chi connectivity index (χ1n) is 4.39. The number of hydrogen-bond donors (Lipinski definition) is 2. The van der Waals surface area contributed by atoms with Crippen LogP contribution in [0.25, 0.3) is 0 Å². The van der Waals surface area contributed by atoms with Gasteiger partial charge in [0.1, 0.15) is 0 Å². The molecule has 0 radical (unpaired) electrons. The van der Waals surface area contributed by atoms with Crippen molar-refractivity contribution in [3.05, 3.63) is 12.2 Å². The van der Waals surface area contributed by atoms with Crippen LogP contribution in [-0.4, -0.2) is 23.8 Å². The Kier molecular flexibility index (Phi) is 1.74. The predicted octanol–water partition coefficient (Wildman–Crippen LogP) is 0.677. The van der Waals surface area contributed by atoms with Crippen LogP contribution >= 0.6 is 0 Å². The highest BCUT2D eigenvalue weighted by Gasteiger charge is 2.41. The van der Waals surface area contributed by atoms with Gasteiger partial charge >= 0.3 is 0 Å². The molecule has 0 spiro atoms. The molecule has 1 aliphatic heterocycles. The van der Waals surface area contributed by atoms with Gasteiger partial charge in [0.15, 0.2) is 0 Å². The number of β-amino-alcohol motifs (C(OH)–C–C–N with tert-alkyl or cyclic N) is 1. The zero-order valence-corrected chi connectivity index (χ0v) is 6.71. The molecule has 62 valence electrons. The quantitative estimate of drug-likeness (QED) is 0.543. The standard InChI is InChI=1S/C9H15NO/c11-9(6-10-7-9)8-4-2-1-3-5-8/h1-2,8,10-11H,3-7H2. The Balaban J connectivity index is 1.98. The molecule has 0 bridgehead atoms. The summed E-state index contributed by atoms with van der Waals surface area (Å²) in [4.78, 5) is 0. The summed E-state index contributed by atoms with van der Waals surface area (Å²) in [5.74, 6) is 0.508. The van der Waals surface area contributed by atoms with E-state index in [4.69, 9.17) is 0 Å². The maximum absolute atomic E-state index is 9.94. The summed E-state index contributed by atoms with van der Waals surface area (Å²) in [6.45, 7) is 1.59. The first-order valence-corrected chi connectivity index (χ1v) is 4.39. The van der Waals surface area contributed by atoms with Crippen molar-refractivity contribution in [2.24, 2.45) is 5.92 Å². The lowest BCUT2D eigenvalue weighted by molar-refractivity contribution is -0.0643. The topological polar surface area (TPSA) is 32.3 Å². The van der Waals surface area contributed by atoms with Crippen LogP contribution in [0, 0.1) is 5.92 Å². The van der Waals surface area contributed by atoms with Crippen molar-refractivity contribution in [1.29, 1.82) is 0 Å². The minimum atomic E-state index is -0.370. The maximum Gasteiger partial charge on any atom is 0.0926 e. The third kappa shape index (κ3) is 1.21. The highest BCUT2D eigenvalue weighted by molar-refractivity contribution is 5.03. The highest BCUT2D eigenvalue weighted by atomic mass is 16.3. The van der Waals surface area contributed by atoms with Crippen molar-refractivity contribution < 1.29 is 5.11 Å². The van der Waals surface area contributed by atoms with Crippen molar-refractivity contribution >= 4 is 0 Å². The summed E-state index contributed by atoms with van der Waals surface area (Å²) in [6.07, 6.45) is 7.79. The Morgan fingerprint density at radius 2 is 2.18 bits per heavy atom. The summed E-state index contributed by atoms with van der Waals surface area (Å²) in [7, 11) is 0. The molecular formula is C9H15NO. The van der Waals surface area contributed by atoms with E-state index >= 15 is 0 Å². The van der Waals surface area contributed by atoms with E-state index < -0.39 is 0 Å². The Labute approximate surface area is 67.3 Å². The van der Waals surface area contributed by atoms with E-state index in [2.05, 4.69) is 17.5 Å². The van der Waals surface area contributed by atoms with Gasteiger partial charge in [-0.1, -0.05) is 12.2 Å². The van der Waals surface area contributed by atoms with E-state index in [1.54, 1.807) is 0 Å². The number of rotatable bonds is 1. The SMILES string of the molecule is OC1(C2CC=CCC2)CNC1. The van der Waals surface area contributed by atoms with Gasteiger partial charge in [-0.3, -0.25) is 0 Å². The lowest BCUT2D eigenvalue weighted by Crippen LogP contribution is -2.63. The molecule has 0 aromatic carbocycles. The van der Waals surface area contributed by atoms with Crippen LogP contribution in [0.15, 0.2) is 12.2 Å². The molecule has 1 saturated heterocycles. The third-order valence-electron chi connectivity index (χ3n) is 2.89. The highest BCUT2D eigenvalue weighted by Crippen LogP contribution is 2.31. The predicted molar refractivity (Wildman–Crippen MR) is 44.3 cm³/mol. The van der Waals surface area contributed by atoms with E-state index in [-0.39, 0.29) is 5.60 Å². The van der Waals surface area contributed by atoms with E-state index in [9.17, 15) is 5.11 Å². The van der Waals surface area contributed by atoms with Crippen LogP contribution in [-0.2, 0) is 0 Å².